The molecule has 0 saturated heterocycles. The second kappa shape index (κ2) is 8.80. The quantitative estimate of drug-likeness (QED) is 0.499. The molecule has 2 heterocycles. The molecule has 2 amide bonds. The minimum absolute atomic E-state index is 0.189. The van der Waals surface area contributed by atoms with Gasteiger partial charge in [0.15, 0.2) is 0 Å². The van der Waals surface area contributed by atoms with Crippen LogP contribution >= 0.6 is 11.3 Å². The molecule has 8 nitrogen and oxygen atoms in total. The third-order valence-corrected chi connectivity index (χ3v) is 5.69. The van der Waals surface area contributed by atoms with E-state index in [9.17, 15) is 9.59 Å². The second-order valence-corrected chi connectivity index (χ2v) is 7.65. The van der Waals surface area contributed by atoms with Gasteiger partial charge < -0.3 is 15.0 Å². The molecule has 0 aliphatic rings. The fraction of sp³-hybridized carbons (Fsp3) is 0.0909. The van der Waals surface area contributed by atoms with Crippen LogP contribution in [-0.2, 0) is 0 Å². The zero-order valence-electron chi connectivity index (χ0n) is 16.9. The molecule has 0 atom stereocenters. The first-order valence-electron chi connectivity index (χ1n) is 9.33. The lowest BCUT2D eigenvalue weighted by atomic mass is 10.2. The van der Waals surface area contributed by atoms with Crippen LogP contribution in [0.5, 0.6) is 5.75 Å². The van der Waals surface area contributed by atoms with Crippen molar-refractivity contribution in [2.75, 3.05) is 24.4 Å². The smallest absolute Gasteiger partial charge is 0.268 e. The fourth-order valence-electron chi connectivity index (χ4n) is 2.89. The number of ether oxygens (including phenoxy) is 1. The molecule has 1 N–H and O–H groups in total. The van der Waals surface area contributed by atoms with Gasteiger partial charge in [0.25, 0.3) is 11.8 Å². The lowest BCUT2D eigenvalue weighted by molar-refractivity contribution is 0.0995. The largest absolute Gasteiger partial charge is 0.497 e. The number of hydrogen-bond acceptors (Lipinski definition) is 6. The Labute approximate surface area is 182 Å². The lowest BCUT2D eigenvalue weighted by Gasteiger charge is -2.16. The first-order chi connectivity index (χ1) is 15.0. The van der Waals surface area contributed by atoms with Crippen LogP contribution in [0.4, 0.5) is 11.4 Å². The predicted octanol–water partition coefficient (Wildman–Crippen LogP) is 3.87. The van der Waals surface area contributed by atoms with Crippen LogP contribution in [0.3, 0.4) is 0 Å². The van der Waals surface area contributed by atoms with Crippen molar-refractivity contribution in [1.29, 1.82) is 0 Å². The summed E-state index contributed by atoms with van der Waals surface area (Å²) in [6.07, 6.45) is 3.05. The molecular formula is C22H19N5O3S. The Balaban J connectivity index is 1.42. The molecule has 0 radical (unpaired) electrons. The van der Waals surface area contributed by atoms with E-state index < -0.39 is 0 Å². The first-order valence-corrected chi connectivity index (χ1v) is 10.1. The number of carbonyl (C=O) groups is 2. The van der Waals surface area contributed by atoms with E-state index in [0.717, 1.165) is 22.7 Å². The van der Waals surface area contributed by atoms with Gasteiger partial charge in [-0.1, -0.05) is 0 Å². The van der Waals surface area contributed by atoms with E-state index in [2.05, 4.69) is 15.4 Å². The topological polar surface area (TPSA) is 89.4 Å². The molecule has 9 heteroatoms. The number of anilines is 2. The molecule has 0 unspecified atom stereocenters. The number of hydrogen-bond donors (Lipinski definition) is 1. The van der Waals surface area contributed by atoms with Gasteiger partial charge in [-0.2, -0.15) is 5.10 Å². The van der Waals surface area contributed by atoms with Crippen molar-refractivity contribution in [3.8, 4) is 11.4 Å². The molecule has 0 saturated carbocycles. The number of nitrogens with zero attached hydrogens (tertiary/aromatic N) is 4. The number of amides is 2. The minimum Gasteiger partial charge on any atom is -0.497 e. The van der Waals surface area contributed by atoms with Crippen LogP contribution in [0.2, 0.25) is 0 Å². The molecule has 0 fully saturated rings. The highest BCUT2D eigenvalue weighted by Gasteiger charge is 2.18. The van der Waals surface area contributed by atoms with E-state index in [1.54, 1.807) is 73.7 Å². The van der Waals surface area contributed by atoms with Gasteiger partial charge in [-0.25, -0.2) is 9.67 Å². The summed E-state index contributed by atoms with van der Waals surface area (Å²) in [4.78, 5) is 31.8. The molecule has 0 aliphatic heterocycles. The lowest BCUT2D eigenvalue weighted by Crippen LogP contribution is -2.25. The summed E-state index contributed by atoms with van der Waals surface area (Å²) in [7, 11) is 3.29. The molecule has 0 spiro atoms. The second-order valence-electron chi connectivity index (χ2n) is 6.57. The van der Waals surface area contributed by atoms with Crippen LogP contribution < -0.4 is 15.0 Å². The highest BCUT2D eigenvalue weighted by Crippen LogP contribution is 2.24. The standard InChI is InChI=1S/C22H19N5O3S/c1-26(16-7-9-18(30-2)10-8-16)22(29)20-12-11-19(31-20)21(28)25-15-3-5-17(6-4-15)27-14-23-13-24-27/h3-14H,1-2H3,(H,25,28). The summed E-state index contributed by atoms with van der Waals surface area (Å²) in [6.45, 7) is 0. The Morgan fingerprint density at radius 1 is 1.00 bits per heavy atom. The van der Waals surface area contributed by atoms with Gasteiger partial charge >= 0.3 is 0 Å². The maximum atomic E-state index is 12.8. The third kappa shape index (κ3) is 4.46. The van der Waals surface area contributed by atoms with Crippen LogP contribution in [0.15, 0.2) is 73.3 Å². The van der Waals surface area contributed by atoms with Gasteiger partial charge in [0.1, 0.15) is 18.4 Å². The Hall–Kier alpha value is -3.98. The van der Waals surface area contributed by atoms with E-state index in [-0.39, 0.29) is 11.8 Å². The molecular weight excluding hydrogens is 414 g/mol. The summed E-state index contributed by atoms with van der Waals surface area (Å²) in [5, 5.41) is 6.91. The van der Waals surface area contributed by atoms with Gasteiger partial charge in [0.2, 0.25) is 0 Å². The zero-order chi connectivity index (χ0) is 21.8. The van der Waals surface area contributed by atoms with Gasteiger partial charge in [-0.15, -0.1) is 11.3 Å². The number of aromatic nitrogens is 3. The van der Waals surface area contributed by atoms with E-state index in [4.69, 9.17) is 4.74 Å². The van der Waals surface area contributed by atoms with Crippen LogP contribution in [0.1, 0.15) is 19.3 Å². The normalized spacial score (nSPS) is 10.5. The van der Waals surface area contributed by atoms with E-state index in [1.807, 2.05) is 12.1 Å². The number of carbonyl (C=O) groups excluding carboxylic acids is 2. The molecule has 0 bridgehead atoms. The van der Waals surface area contributed by atoms with Crippen LogP contribution in [-0.4, -0.2) is 40.7 Å². The average Bonchev–Trinajstić information content (AvgIpc) is 3.51. The first kappa shape index (κ1) is 20.3. The molecule has 4 rings (SSSR count). The molecule has 156 valence electrons. The summed E-state index contributed by atoms with van der Waals surface area (Å²) in [6, 6.07) is 17.7. The van der Waals surface area contributed by atoms with Crippen molar-refractivity contribution in [3.63, 3.8) is 0 Å². The summed E-state index contributed by atoms with van der Waals surface area (Å²) in [5.41, 5.74) is 2.21. The zero-order valence-corrected chi connectivity index (χ0v) is 17.7. The number of benzene rings is 2. The maximum Gasteiger partial charge on any atom is 0.268 e. The van der Waals surface area contributed by atoms with Crippen molar-refractivity contribution in [3.05, 3.63) is 83.1 Å². The fourth-order valence-corrected chi connectivity index (χ4v) is 3.77. The average molecular weight is 433 g/mol. The van der Waals surface area contributed by atoms with Crippen molar-refractivity contribution in [1.82, 2.24) is 14.8 Å². The molecule has 2 aromatic carbocycles. The van der Waals surface area contributed by atoms with Gasteiger partial charge in [-0.05, 0) is 60.7 Å². The highest BCUT2D eigenvalue weighted by molar-refractivity contribution is 7.16. The number of rotatable bonds is 6. The monoisotopic (exact) mass is 433 g/mol. The van der Waals surface area contributed by atoms with E-state index >= 15 is 0 Å². The highest BCUT2D eigenvalue weighted by atomic mass is 32.1. The number of nitrogens with one attached hydrogen (secondary N) is 1. The third-order valence-electron chi connectivity index (χ3n) is 4.61. The SMILES string of the molecule is COc1ccc(N(C)C(=O)c2ccc(C(=O)Nc3ccc(-n4cncn4)cc3)s2)cc1. The van der Waals surface area contributed by atoms with Gasteiger partial charge in [0.05, 0.1) is 22.6 Å². The van der Waals surface area contributed by atoms with E-state index in [0.29, 0.717) is 21.2 Å². The van der Waals surface area contributed by atoms with Crippen LogP contribution in [0.25, 0.3) is 5.69 Å². The predicted molar refractivity (Wildman–Crippen MR) is 119 cm³/mol. The van der Waals surface area contributed by atoms with E-state index in [1.165, 1.54) is 11.2 Å². The van der Waals surface area contributed by atoms with Gasteiger partial charge in [-0.3, -0.25) is 9.59 Å². The summed E-state index contributed by atoms with van der Waals surface area (Å²) in [5.74, 6) is 0.255. The minimum atomic E-state index is -0.273. The Morgan fingerprint density at radius 3 is 2.35 bits per heavy atom. The molecule has 31 heavy (non-hydrogen) atoms. The Morgan fingerprint density at radius 2 is 1.71 bits per heavy atom. The number of methoxy groups -OCH3 is 1. The van der Waals surface area contributed by atoms with Crippen molar-refractivity contribution in [2.45, 2.75) is 0 Å². The van der Waals surface area contributed by atoms with Crippen LogP contribution in [0, 0.1) is 0 Å². The number of thiophene rings is 1. The summed E-state index contributed by atoms with van der Waals surface area (Å²) >= 11 is 1.15. The molecule has 4 aromatic rings. The van der Waals surface area contributed by atoms with Crippen molar-refractivity contribution in [2.24, 2.45) is 0 Å². The van der Waals surface area contributed by atoms with Crippen molar-refractivity contribution < 1.29 is 14.3 Å². The Bertz CT molecular complexity index is 1180. The van der Waals surface area contributed by atoms with Gasteiger partial charge in [0, 0.05) is 18.4 Å². The Kier molecular flexibility index (Phi) is 5.76. The maximum absolute atomic E-state index is 12.8. The molecule has 0 aliphatic carbocycles. The summed E-state index contributed by atoms with van der Waals surface area (Å²) < 4.78 is 6.77. The van der Waals surface area contributed by atoms with Crippen molar-refractivity contribution >= 4 is 34.5 Å². The molecule has 2 aromatic heterocycles.